The molecular weight excluding hydrogens is 583 g/mol. The molecule has 9 rings (SSSR count). The van der Waals surface area contributed by atoms with Gasteiger partial charge in [0.2, 0.25) is 0 Å². The van der Waals surface area contributed by atoms with E-state index in [9.17, 15) is 5.48 Å². The first-order chi connectivity index (χ1) is 25.2. The van der Waals surface area contributed by atoms with E-state index in [2.05, 4.69) is 42.5 Å². The molecular formula is C45H35N3. The maximum absolute atomic E-state index is 9.30. The van der Waals surface area contributed by atoms with Crippen LogP contribution < -0.4 is 0 Å². The molecule has 0 bridgehead atoms. The Kier molecular flexibility index (Phi) is 6.05. The monoisotopic (exact) mass is 621 g/mol. The summed E-state index contributed by atoms with van der Waals surface area (Å²) in [4.78, 5) is 14.8. The molecule has 3 heteroatoms. The number of nitrogens with zero attached hydrogens (tertiary/aromatic N) is 3. The van der Waals surface area contributed by atoms with Crippen LogP contribution >= 0.6 is 0 Å². The van der Waals surface area contributed by atoms with Crippen molar-refractivity contribution in [2.45, 2.75) is 37.4 Å². The van der Waals surface area contributed by atoms with E-state index >= 15 is 0 Å². The van der Waals surface area contributed by atoms with Crippen molar-refractivity contribution in [3.63, 3.8) is 0 Å². The summed E-state index contributed by atoms with van der Waals surface area (Å²) in [5.41, 5.74) is 8.69. The summed E-state index contributed by atoms with van der Waals surface area (Å²) in [7, 11) is 0. The molecule has 0 aliphatic heterocycles. The zero-order valence-electron chi connectivity index (χ0n) is 30.4. The van der Waals surface area contributed by atoms with E-state index < -0.39 is 18.2 Å². The fourth-order valence-electron chi connectivity index (χ4n) is 7.15. The van der Waals surface area contributed by atoms with Crippen LogP contribution in [-0.2, 0) is 5.41 Å². The number of hydrogen-bond acceptors (Lipinski definition) is 3. The highest BCUT2D eigenvalue weighted by Gasteiger charge is 2.43. The van der Waals surface area contributed by atoms with E-state index in [1.807, 2.05) is 109 Å². The highest BCUT2D eigenvalue weighted by molar-refractivity contribution is 5.84. The molecule has 0 radical (unpaired) electrons. The zero-order valence-corrected chi connectivity index (χ0v) is 26.4. The number of hydrogen-bond donors (Lipinski definition) is 0. The Hall–Kier alpha value is -5.67. The fraction of sp³-hybridized carbons (Fsp3) is 0.133. The van der Waals surface area contributed by atoms with Crippen molar-refractivity contribution in [1.29, 1.82) is 0 Å². The Morgan fingerprint density at radius 3 is 1.40 bits per heavy atom. The smallest absolute Gasteiger partial charge is 0.164 e. The van der Waals surface area contributed by atoms with Crippen LogP contribution in [0.25, 0.3) is 67.5 Å². The quantitative estimate of drug-likeness (QED) is 0.192. The van der Waals surface area contributed by atoms with Crippen molar-refractivity contribution >= 4 is 0 Å². The van der Waals surface area contributed by atoms with Gasteiger partial charge >= 0.3 is 0 Å². The van der Waals surface area contributed by atoms with E-state index in [1.165, 1.54) is 0 Å². The van der Waals surface area contributed by atoms with Crippen LogP contribution in [0, 0.1) is 0 Å². The minimum Gasteiger partial charge on any atom is -0.208 e. The lowest BCUT2D eigenvalue weighted by Crippen LogP contribution is -2.28. The first kappa shape index (κ1) is 24.5. The summed E-state index contributed by atoms with van der Waals surface area (Å²) in [6.07, 6.45) is -2.37. The number of rotatable bonds is 5. The standard InChI is InChI=1S/C45H35N3/c1-4-12-31(13-5-1)32-18-22-35(23-19-32)43-46-42(34-14-6-2-7-15-34)47-44(48-43)36-24-20-33(21-25-36)37-26-27-39-38-16-8-9-17-40(38)45(41(39)30-37)28-10-3-11-29-45/h1-2,4-9,12-27,30H,3,10-11,28-29H2/i28D2,29D2. The Bertz CT molecular complexity index is 2410. The predicted molar refractivity (Wildman–Crippen MR) is 196 cm³/mol. The topological polar surface area (TPSA) is 38.7 Å². The first-order valence-corrected chi connectivity index (χ1v) is 16.6. The lowest BCUT2D eigenvalue weighted by atomic mass is 9.67. The highest BCUT2D eigenvalue weighted by Crippen LogP contribution is 2.56. The second kappa shape index (κ2) is 11.8. The highest BCUT2D eigenvalue weighted by atomic mass is 15.0. The third-order valence-corrected chi connectivity index (χ3v) is 9.57. The average Bonchev–Trinajstić information content (AvgIpc) is 3.49. The second-order valence-corrected chi connectivity index (χ2v) is 12.5. The Morgan fingerprint density at radius 1 is 0.375 bits per heavy atom. The van der Waals surface area contributed by atoms with Gasteiger partial charge in [0.1, 0.15) is 0 Å². The molecule has 1 fully saturated rings. The Labute approximate surface area is 287 Å². The van der Waals surface area contributed by atoms with Crippen molar-refractivity contribution in [3.8, 4) is 67.5 Å². The molecule has 0 N–H and O–H groups in total. The van der Waals surface area contributed by atoms with Crippen molar-refractivity contribution in [3.05, 3.63) is 163 Å². The lowest BCUT2D eigenvalue weighted by molar-refractivity contribution is 0.353. The van der Waals surface area contributed by atoms with Crippen LogP contribution in [-0.4, -0.2) is 15.0 Å². The van der Waals surface area contributed by atoms with Gasteiger partial charge in [0.05, 0.1) is 0 Å². The minimum atomic E-state index is -1.76. The van der Waals surface area contributed by atoms with Gasteiger partial charge in [-0.15, -0.1) is 0 Å². The Balaban J connectivity index is 1.11. The number of aromatic nitrogens is 3. The maximum atomic E-state index is 9.30. The molecule has 0 amide bonds. The molecule has 2 aliphatic carbocycles. The van der Waals surface area contributed by atoms with Gasteiger partial charge in [0.25, 0.3) is 0 Å². The summed E-state index contributed by atoms with van der Waals surface area (Å²) in [6, 6.07) is 50.5. The summed E-state index contributed by atoms with van der Waals surface area (Å²) < 4.78 is 37.2. The van der Waals surface area contributed by atoms with E-state index in [0.29, 0.717) is 36.7 Å². The predicted octanol–water partition coefficient (Wildman–Crippen LogP) is 11.4. The third kappa shape index (κ3) is 4.94. The normalized spacial score (nSPS) is 17.8. The van der Waals surface area contributed by atoms with E-state index in [1.54, 1.807) is 0 Å². The summed E-state index contributed by atoms with van der Waals surface area (Å²) >= 11 is 0. The molecule has 0 atom stereocenters. The van der Waals surface area contributed by atoms with Crippen LogP contribution in [0.4, 0.5) is 0 Å². The van der Waals surface area contributed by atoms with Gasteiger partial charge in [-0.1, -0.05) is 165 Å². The van der Waals surface area contributed by atoms with Gasteiger partial charge in [-0.3, -0.25) is 0 Å². The van der Waals surface area contributed by atoms with Gasteiger partial charge in [0, 0.05) is 27.6 Å². The van der Waals surface area contributed by atoms with Crippen molar-refractivity contribution in [2.24, 2.45) is 0 Å². The van der Waals surface area contributed by atoms with Crippen molar-refractivity contribution < 1.29 is 5.48 Å². The molecule has 1 spiro atoms. The Morgan fingerprint density at radius 2 is 0.792 bits per heavy atom. The molecule has 6 aromatic carbocycles. The average molecular weight is 622 g/mol. The zero-order chi connectivity index (χ0) is 35.5. The van der Waals surface area contributed by atoms with Crippen LogP contribution in [0.15, 0.2) is 152 Å². The molecule has 3 nitrogen and oxygen atoms in total. The number of fused-ring (bicyclic) bond motifs is 5. The van der Waals surface area contributed by atoms with Gasteiger partial charge in [0.15, 0.2) is 17.5 Å². The molecule has 1 heterocycles. The summed E-state index contributed by atoms with van der Waals surface area (Å²) in [5.74, 6) is 1.75. The fourth-order valence-corrected chi connectivity index (χ4v) is 7.15. The first-order valence-electron chi connectivity index (χ1n) is 18.6. The minimum absolute atomic E-state index is 0.315. The van der Waals surface area contributed by atoms with Gasteiger partial charge in [-0.05, 0) is 63.3 Å². The molecule has 230 valence electrons. The van der Waals surface area contributed by atoms with Crippen molar-refractivity contribution in [2.75, 3.05) is 0 Å². The maximum Gasteiger partial charge on any atom is 0.164 e. The molecule has 0 unspecified atom stereocenters. The van der Waals surface area contributed by atoms with Crippen LogP contribution in [0.5, 0.6) is 0 Å². The van der Waals surface area contributed by atoms with Gasteiger partial charge < -0.3 is 0 Å². The number of benzene rings is 6. The van der Waals surface area contributed by atoms with Crippen LogP contribution in [0.1, 0.15) is 48.6 Å². The van der Waals surface area contributed by atoms with Gasteiger partial charge in [-0.2, -0.15) is 0 Å². The largest absolute Gasteiger partial charge is 0.208 e. The van der Waals surface area contributed by atoms with E-state index in [0.717, 1.165) is 61.2 Å². The molecule has 48 heavy (non-hydrogen) atoms. The van der Waals surface area contributed by atoms with Crippen LogP contribution in [0.2, 0.25) is 0 Å². The van der Waals surface area contributed by atoms with Crippen LogP contribution in [0.3, 0.4) is 0 Å². The molecule has 7 aromatic rings. The second-order valence-electron chi connectivity index (χ2n) is 12.5. The molecule has 0 saturated heterocycles. The summed E-state index contributed by atoms with van der Waals surface area (Å²) in [6.45, 7) is 0. The molecule has 2 aliphatic rings. The SMILES string of the molecule is [2H]C1([2H])CCCC([2H])([2H])C12c1ccccc1-c1ccc(-c3ccc(-c4nc(-c5ccccc5)nc(-c5ccc(-c6ccccc6)cc5)n4)cc3)cc12. The lowest BCUT2D eigenvalue weighted by Gasteiger charge is -2.36. The van der Waals surface area contributed by atoms with Crippen molar-refractivity contribution in [1.82, 2.24) is 15.0 Å². The van der Waals surface area contributed by atoms with E-state index in [-0.39, 0.29) is 0 Å². The van der Waals surface area contributed by atoms with E-state index in [4.69, 9.17) is 15.0 Å². The molecule has 1 aromatic heterocycles. The molecule has 1 saturated carbocycles. The third-order valence-electron chi connectivity index (χ3n) is 9.57. The summed E-state index contributed by atoms with van der Waals surface area (Å²) in [5, 5.41) is 0. The van der Waals surface area contributed by atoms with Gasteiger partial charge in [-0.25, -0.2) is 15.0 Å².